The lowest BCUT2D eigenvalue weighted by atomic mass is 10.1. The standard InChI is InChI=1S/C13H9FN4O2/c14-10-3-1-2-9(6-10)11(19)8-18-13(20)17-5-4-15-7-12(17)16-18/h1-7H,8H2. The van der Waals surface area contributed by atoms with Gasteiger partial charge in [-0.05, 0) is 12.1 Å². The quantitative estimate of drug-likeness (QED) is 0.665. The molecule has 0 unspecified atom stereocenters. The number of ketones is 1. The molecule has 0 radical (unpaired) electrons. The van der Waals surface area contributed by atoms with Crippen molar-refractivity contribution in [3.8, 4) is 0 Å². The van der Waals surface area contributed by atoms with Crippen LogP contribution in [-0.2, 0) is 6.54 Å². The van der Waals surface area contributed by atoms with Gasteiger partial charge in [0, 0.05) is 18.0 Å². The van der Waals surface area contributed by atoms with Gasteiger partial charge in [0.2, 0.25) is 0 Å². The molecule has 3 rings (SSSR count). The lowest BCUT2D eigenvalue weighted by Gasteiger charge is -2.00. The predicted molar refractivity (Wildman–Crippen MR) is 68.0 cm³/mol. The summed E-state index contributed by atoms with van der Waals surface area (Å²) in [6.07, 6.45) is 4.34. The minimum Gasteiger partial charge on any atom is -0.292 e. The van der Waals surface area contributed by atoms with E-state index < -0.39 is 11.5 Å². The van der Waals surface area contributed by atoms with E-state index in [4.69, 9.17) is 0 Å². The van der Waals surface area contributed by atoms with Crippen LogP contribution < -0.4 is 5.69 Å². The molecular formula is C13H9FN4O2. The number of benzene rings is 1. The third-order valence-corrected chi connectivity index (χ3v) is 2.83. The average Bonchev–Trinajstić information content (AvgIpc) is 2.76. The highest BCUT2D eigenvalue weighted by Gasteiger charge is 2.12. The minimum absolute atomic E-state index is 0.201. The molecule has 0 aliphatic heterocycles. The highest BCUT2D eigenvalue weighted by atomic mass is 19.1. The van der Waals surface area contributed by atoms with Crippen LogP contribution in [0.1, 0.15) is 10.4 Å². The monoisotopic (exact) mass is 272 g/mol. The van der Waals surface area contributed by atoms with E-state index >= 15 is 0 Å². The summed E-state index contributed by atoms with van der Waals surface area (Å²) in [6.45, 7) is -0.246. The van der Waals surface area contributed by atoms with Gasteiger partial charge >= 0.3 is 5.69 Å². The average molecular weight is 272 g/mol. The van der Waals surface area contributed by atoms with Gasteiger partial charge in [-0.15, -0.1) is 5.10 Å². The molecule has 0 aliphatic rings. The Kier molecular flexibility index (Phi) is 2.86. The predicted octanol–water partition coefficient (Wildman–Crippen LogP) is 0.913. The maximum Gasteiger partial charge on any atom is 0.350 e. The second-order valence-corrected chi connectivity index (χ2v) is 4.18. The molecule has 0 spiro atoms. The Morgan fingerprint density at radius 3 is 2.95 bits per heavy atom. The van der Waals surface area contributed by atoms with E-state index in [1.54, 1.807) is 0 Å². The first-order valence-electron chi connectivity index (χ1n) is 5.83. The minimum atomic E-state index is -0.498. The van der Waals surface area contributed by atoms with E-state index in [-0.39, 0.29) is 17.9 Å². The normalized spacial score (nSPS) is 10.8. The van der Waals surface area contributed by atoms with Crippen molar-refractivity contribution in [1.29, 1.82) is 0 Å². The van der Waals surface area contributed by atoms with Gasteiger partial charge in [-0.1, -0.05) is 12.1 Å². The van der Waals surface area contributed by atoms with Crippen LogP contribution in [0.25, 0.3) is 5.65 Å². The largest absolute Gasteiger partial charge is 0.350 e. The summed E-state index contributed by atoms with van der Waals surface area (Å²) in [6, 6.07) is 5.32. The molecular weight excluding hydrogens is 263 g/mol. The fourth-order valence-electron chi connectivity index (χ4n) is 1.87. The Bertz CT molecular complexity index is 853. The Hall–Kier alpha value is -2.83. The smallest absolute Gasteiger partial charge is 0.292 e. The van der Waals surface area contributed by atoms with Crippen molar-refractivity contribution in [1.82, 2.24) is 19.2 Å². The van der Waals surface area contributed by atoms with Crippen LogP contribution in [0.4, 0.5) is 4.39 Å². The number of halogens is 1. The summed E-state index contributed by atoms with van der Waals surface area (Å²) in [5, 5.41) is 3.99. The third kappa shape index (κ3) is 2.09. The van der Waals surface area contributed by atoms with Crippen LogP contribution in [0.3, 0.4) is 0 Å². The zero-order valence-electron chi connectivity index (χ0n) is 10.2. The Morgan fingerprint density at radius 1 is 1.35 bits per heavy atom. The topological polar surface area (TPSA) is 69.3 Å². The van der Waals surface area contributed by atoms with Crippen LogP contribution in [0.2, 0.25) is 0 Å². The molecule has 2 heterocycles. The van der Waals surface area contributed by atoms with Crippen molar-refractivity contribution in [2.45, 2.75) is 6.54 Å². The van der Waals surface area contributed by atoms with Gasteiger partial charge < -0.3 is 0 Å². The lowest BCUT2D eigenvalue weighted by Crippen LogP contribution is -2.25. The molecule has 2 aromatic heterocycles. The lowest BCUT2D eigenvalue weighted by molar-refractivity contribution is 0.0966. The first-order chi connectivity index (χ1) is 9.65. The molecule has 0 atom stereocenters. The molecule has 0 fully saturated rings. The van der Waals surface area contributed by atoms with Crippen molar-refractivity contribution in [2.24, 2.45) is 0 Å². The zero-order chi connectivity index (χ0) is 14.1. The summed E-state index contributed by atoms with van der Waals surface area (Å²) in [5.41, 5.74) is 0.115. The molecule has 0 N–H and O–H groups in total. The van der Waals surface area contributed by atoms with Gasteiger partial charge in [0.15, 0.2) is 11.4 Å². The molecule has 0 saturated heterocycles. The second kappa shape index (κ2) is 4.69. The Labute approximate surface area is 112 Å². The summed E-state index contributed by atoms with van der Waals surface area (Å²) in [7, 11) is 0. The highest BCUT2D eigenvalue weighted by molar-refractivity contribution is 5.95. The van der Waals surface area contributed by atoms with Crippen LogP contribution in [-0.4, -0.2) is 24.9 Å². The number of hydrogen-bond donors (Lipinski definition) is 0. The van der Waals surface area contributed by atoms with Gasteiger partial charge in [0.05, 0.1) is 6.20 Å². The fourth-order valence-corrected chi connectivity index (χ4v) is 1.87. The van der Waals surface area contributed by atoms with Crippen molar-refractivity contribution in [3.63, 3.8) is 0 Å². The summed E-state index contributed by atoms with van der Waals surface area (Å²) < 4.78 is 15.4. The number of carbonyl (C=O) groups is 1. The zero-order valence-corrected chi connectivity index (χ0v) is 10.2. The number of hydrogen-bond acceptors (Lipinski definition) is 4. The van der Waals surface area contributed by atoms with E-state index in [1.807, 2.05) is 0 Å². The van der Waals surface area contributed by atoms with Crippen LogP contribution in [0, 0.1) is 5.82 Å². The molecule has 0 aliphatic carbocycles. The van der Waals surface area contributed by atoms with Crippen LogP contribution >= 0.6 is 0 Å². The van der Waals surface area contributed by atoms with Gasteiger partial charge in [-0.2, -0.15) is 0 Å². The molecule has 0 bridgehead atoms. The van der Waals surface area contributed by atoms with Crippen LogP contribution in [0.15, 0.2) is 47.7 Å². The maximum absolute atomic E-state index is 13.1. The molecule has 0 amide bonds. The number of rotatable bonds is 3. The number of nitrogens with zero attached hydrogens (tertiary/aromatic N) is 4. The molecule has 1 aromatic carbocycles. The number of fused-ring (bicyclic) bond motifs is 1. The molecule has 7 heteroatoms. The fraction of sp³-hybridized carbons (Fsp3) is 0.0769. The van der Waals surface area contributed by atoms with Crippen molar-refractivity contribution in [3.05, 3.63) is 64.7 Å². The van der Waals surface area contributed by atoms with Gasteiger partial charge in [-0.3, -0.25) is 9.78 Å². The SMILES string of the molecule is O=C(Cn1nc2cnccn2c1=O)c1cccc(F)c1. The van der Waals surface area contributed by atoms with E-state index in [2.05, 4.69) is 10.1 Å². The van der Waals surface area contributed by atoms with Gasteiger partial charge in [0.1, 0.15) is 12.4 Å². The third-order valence-electron chi connectivity index (χ3n) is 2.83. The number of carbonyl (C=O) groups excluding carboxylic acids is 1. The van der Waals surface area contributed by atoms with Gasteiger partial charge in [0.25, 0.3) is 0 Å². The van der Waals surface area contributed by atoms with Crippen molar-refractivity contribution >= 4 is 11.4 Å². The maximum atomic E-state index is 13.1. The Morgan fingerprint density at radius 2 is 2.20 bits per heavy atom. The van der Waals surface area contributed by atoms with E-state index in [0.717, 1.165) is 10.7 Å². The molecule has 100 valence electrons. The summed E-state index contributed by atoms with van der Waals surface area (Å²) in [5.74, 6) is -0.884. The van der Waals surface area contributed by atoms with E-state index in [0.29, 0.717) is 5.65 Å². The summed E-state index contributed by atoms with van der Waals surface area (Å²) >= 11 is 0. The first-order valence-corrected chi connectivity index (χ1v) is 5.83. The van der Waals surface area contributed by atoms with E-state index in [9.17, 15) is 14.0 Å². The van der Waals surface area contributed by atoms with Crippen molar-refractivity contribution < 1.29 is 9.18 Å². The second-order valence-electron chi connectivity index (χ2n) is 4.18. The van der Waals surface area contributed by atoms with Gasteiger partial charge in [-0.25, -0.2) is 18.3 Å². The molecule has 3 aromatic rings. The number of Topliss-reactive ketones (excluding diaryl/α,β-unsaturated/α-hetero) is 1. The summed E-state index contributed by atoms with van der Waals surface area (Å²) in [4.78, 5) is 27.8. The highest BCUT2D eigenvalue weighted by Crippen LogP contribution is 2.05. The van der Waals surface area contributed by atoms with E-state index in [1.165, 1.54) is 41.2 Å². The molecule has 20 heavy (non-hydrogen) atoms. The molecule has 6 nitrogen and oxygen atoms in total. The van der Waals surface area contributed by atoms with Crippen molar-refractivity contribution in [2.75, 3.05) is 0 Å². The number of aromatic nitrogens is 4. The first kappa shape index (κ1) is 12.2. The molecule has 0 saturated carbocycles. The Balaban J connectivity index is 1.95. The van der Waals surface area contributed by atoms with Crippen LogP contribution in [0.5, 0.6) is 0 Å².